The van der Waals surface area contributed by atoms with Gasteiger partial charge in [-0.25, -0.2) is 4.79 Å². The van der Waals surface area contributed by atoms with Crippen molar-refractivity contribution in [3.05, 3.63) is 28.2 Å². The van der Waals surface area contributed by atoms with E-state index in [2.05, 4.69) is 39.4 Å². The summed E-state index contributed by atoms with van der Waals surface area (Å²) in [5, 5.41) is 0. The molecule has 1 aliphatic rings. The number of fused-ring (bicyclic) bond motifs is 1. The number of hydrogen-bond donors (Lipinski definition) is 1. The molecule has 122 valence electrons. The zero-order valence-electron chi connectivity index (χ0n) is 13.4. The van der Waals surface area contributed by atoms with Gasteiger partial charge in [-0.1, -0.05) is 15.9 Å². The van der Waals surface area contributed by atoms with E-state index in [-0.39, 0.29) is 12.0 Å². The van der Waals surface area contributed by atoms with Crippen LogP contribution in [0.15, 0.2) is 22.7 Å². The van der Waals surface area contributed by atoms with E-state index in [9.17, 15) is 9.59 Å². The van der Waals surface area contributed by atoms with Gasteiger partial charge in [0.05, 0.1) is 6.10 Å². The number of aryl methyl sites for hydroxylation is 1. The van der Waals surface area contributed by atoms with Crippen LogP contribution in [0, 0.1) is 0 Å². The van der Waals surface area contributed by atoms with Crippen LogP contribution in [0.4, 0.5) is 10.5 Å². The Labute approximate surface area is 139 Å². The fourth-order valence-electron chi connectivity index (χ4n) is 2.43. The van der Waals surface area contributed by atoms with Crippen molar-refractivity contribution in [2.45, 2.75) is 52.7 Å². The highest BCUT2D eigenvalue weighted by Gasteiger charge is 2.25. The molecule has 1 heterocycles. The molecule has 5 nitrogen and oxygen atoms in total. The molecular weight excluding hydrogens is 348 g/mol. The Hall–Kier alpha value is -1.56. The Morgan fingerprint density at radius 1 is 1.41 bits per heavy atom. The van der Waals surface area contributed by atoms with E-state index in [0.717, 1.165) is 23.0 Å². The number of carbonyl (C=O) groups is 2. The average Bonchev–Trinajstić information content (AvgIpc) is 2.37. The first kappa shape index (κ1) is 18.5. The maximum Gasteiger partial charge on any atom is 0.404 e. The second kappa shape index (κ2) is 8.17. The van der Waals surface area contributed by atoms with Gasteiger partial charge in [-0.2, -0.15) is 0 Å². The maximum absolute atomic E-state index is 11.6. The Balaban J connectivity index is 0.000000295. The topological polar surface area (TPSA) is 72.6 Å². The lowest BCUT2D eigenvalue weighted by Crippen LogP contribution is -2.40. The lowest BCUT2D eigenvalue weighted by Gasteiger charge is -2.34. The van der Waals surface area contributed by atoms with E-state index in [1.54, 1.807) is 20.8 Å². The molecule has 2 amide bonds. The van der Waals surface area contributed by atoms with Crippen LogP contribution in [0.1, 0.15) is 39.7 Å². The molecule has 0 saturated carbocycles. The molecule has 1 aliphatic heterocycles. The summed E-state index contributed by atoms with van der Waals surface area (Å²) in [6, 6.07) is 6.44. The lowest BCUT2D eigenvalue weighted by atomic mass is 9.97. The van der Waals surface area contributed by atoms with Gasteiger partial charge >= 0.3 is 6.09 Å². The lowest BCUT2D eigenvalue weighted by molar-refractivity contribution is -0.117. The van der Waals surface area contributed by atoms with Gasteiger partial charge in [0.25, 0.3) is 0 Å². The van der Waals surface area contributed by atoms with E-state index in [4.69, 9.17) is 0 Å². The van der Waals surface area contributed by atoms with Crippen LogP contribution >= 0.6 is 15.9 Å². The van der Waals surface area contributed by atoms with E-state index in [0.29, 0.717) is 6.04 Å². The van der Waals surface area contributed by atoms with Crippen molar-refractivity contribution < 1.29 is 14.3 Å². The average molecular weight is 371 g/mol. The monoisotopic (exact) mass is 370 g/mol. The fourth-order valence-corrected chi connectivity index (χ4v) is 2.84. The van der Waals surface area contributed by atoms with Crippen molar-refractivity contribution in [1.82, 2.24) is 0 Å². The molecule has 0 radical (unpaired) electrons. The number of benzene rings is 1. The van der Waals surface area contributed by atoms with Crippen molar-refractivity contribution in [2.24, 2.45) is 5.73 Å². The van der Waals surface area contributed by atoms with E-state index in [1.165, 1.54) is 5.56 Å². The predicted octanol–water partition coefficient (Wildman–Crippen LogP) is 3.63. The SMILES string of the molecule is CC(=O)N1c2ccc(Br)cc2CC[C@@H]1C.CC(C)OC(N)=O. The largest absolute Gasteiger partial charge is 0.447 e. The number of nitrogens with two attached hydrogens (primary N) is 1. The summed E-state index contributed by atoms with van der Waals surface area (Å²) in [7, 11) is 0. The molecule has 0 aliphatic carbocycles. The van der Waals surface area contributed by atoms with Crippen LogP contribution in [0.5, 0.6) is 0 Å². The second-order valence-corrected chi connectivity index (χ2v) is 6.45. The number of ether oxygens (including phenoxy) is 1. The van der Waals surface area contributed by atoms with Gasteiger partial charge in [0, 0.05) is 23.1 Å². The Kier molecular flexibility index (Phi) is 6.87. The molecule has 1 aromatic rings. The van der Waals surface area contributed by atoms with Gasteiger partial charge < -0.3 is 15.4 Å². The molecule has 0 saturated heterocycles. The quantitative estimate of drug-likeness (QED) is 0.819. The summed E-state index contributed by atoms with van der Waals surface area (Å²) in [6.07, 6.45) is 1.29. The molecule has 6 heteroatoms. The summed E-state index contributed by atoms with van der Waals surface area (Å²) in [6.45, 7) is 7.22. The van der Waals surface area contributed by atoms with Crippen molar-refractivity contribution in [1.29, 1.82) is 0 Å². The van der Waals surface area contributed by atoms with Crippen LogP contribution in [0.2, 0.25) is 0 Å². The molecule has 0 aromatic heterocycles. The van der Waals surface area contributed by atoms with Crippen molar-refractivity contribution in [3.63, 3.8) is 0 Å². The molecule has 0 unspecified atom stereocenters. The van der Waals surface area contributed by atoms with Gasteiger partial charge in [0.1, 0.15) is 0 Å². The highest BCUT2D eigenvalue weighted by molar-refractivity contribution is 9.10. The molecule has 1 aromatic carbocycles. The Morgan fingerprint density at radius 2 is 2.05 bits per heavy atom. The fraction of sp³-hybridized carbons (Fsp3) is 0.500. The van der Waals surface area contributed by atoms with Crippen LogP contribution < -0.4 is 10.6 Å². The molecule has 2 N–H and O–H groups in total. The highest BCUT2D eigenvalue weighted by Crippen LogP contribution is 2.32. The number of amides is 2. The molecule has 22 heavy (non-hydrogen) atoms. The van der Waals surface area contributed by atoms with Crippen LogP contribution in [-0.2, 0) is 16.0 Å². The maximum atomic E-state index is 11.6. The third-order valence-corrected chi connectivity index (χ3v) is 3.76. The van der Waals surface area contributed by atoms with Gasteiger partial charge in [-0.15, -0.1) is 0 Å². The number of carbonyl (C=O) groups excluding carboxylic acids is 2. The summed E-state index contributed by atoms with van der Waals surface area (Å²) >= 11 is 3.46. The second-order valence-electron chi connectivity index (χ2n) is 5.54. The van der Waals surface area contributed by atoms with Gasteiger partial charge in [0.15, 0.2) is 0 Å². The standard InChI is InChI=1S/C12H14BrNO.C4H9NO2/c1-8-3-4-10-7-11(13)5-6-12(10)14(8)9(2)15;1-3(2)7-4(5)6/h5-8H,3-4H2,1-2H3;3H,1-2H3,(H2,5,6)/t8-;/m0./s1. The van der Waals surface area contributed by atoms with E-state index < -0.39 is 6.09 Å². The van der Waals surface area contributed by atoms with E-state index >= 15 is 0 Å². The Morgan fingerprint density at radius 3 is 2.50 bits per heavy atom. The first-order chi connectivity index (χ1) is 10.2. The summed E-state index contributed by atoms with van der Waals surface area (Å²) in [5.41, 5.74) is 6.97. The van der Waals surface area contributed by atoms with Crippen molar-refractivity contribution in [3.8, 4) is 0 Å². The minimum atomic E-state index is -0.713. The molecule has 1 atom stereocenters. The highest BCUT2D eigenvalue weighted by atomic mass is 79.9. The van der Waals surface area contributed by atoms with Gasteiger partial charge in [-0.3, -0.25) is 4.79 Å². The number of nitrogens with zero attached hydrogens (tertiary/aromatic N) is 1. The third-order valence-electron chi connectivity index (χ3n) is 3.26. The summed E-state index contributed by atoms with van der Waals surface area (Å²) in [4.78, 5) is 23.3. The first-order valence-corrected chi connectivity index (χ1v) is 8.06. The normalized spacial score (nSPS) is 16.5. The van der Waals surface area contributed by atoms with Crippen LogP contribution in [0.3, 0.4) is 0 Å². The molecule has 0 fully saturated rings. The number of hydrogen-bond acceptors (Lipinski definition) is 3. The zero-order chi connectivity index (χ0) is 16.9. The molecular formula is C16H23BrN2O3. The molecule has 0 bridgehead atoms. The molecule has 2 rings (SSSR count). The number of primary amides is 1. The smallest absolute Gasteiger partial charge is 0.404 e. The number of rotatable bonds is 1. The first-order valence-electron chi connectivity index (χ1n) is 7.26. The summed E-state index contributed by atoms with van der Waals surface area (Å²) < 4.78 is 5.47. The van der Waals surface area contributed by atoms with Crippen molar-refractivity contribution in [2.75, 3.05) is 4.90 Å². The van der Waals surface area contributed by atoms with Crippen LogP contribution in [0.25, 0.3) is 0 Å². The van der Waals surface area contributed by atoms with E-state index in [1.807, 2.05) is 17.0 Å². The minimum Gasteiger partial charge on any atom is -0.447 e. The molecule has 0 spiro atoms. The van der Waals surface area contributed by atoms with Crippen molar-refractivity contribution >= 4 is 33.6 Å². The number of halogens is 1. The minimum absolute atomic E-state index is 0.0995. The predicted molar refractivity (Wildman–Crippen MR) is 90.9 cm³/mol. The Bertz CT molecular complexity index is 546. The van der Waals surface area contributed by atoms with Gasteiger partial charge in [0.2, 0.25) is 5.91 Å². The van der Waals surface area contributed by atoms with Crippen LogP contribution in [-0.4, -0.2) is 24.1 Å². The number of anilines is 1. The zero-order valence-corrected chi connectivity index (χ0v) is 15.0. The summed E-state index contributed by atoms with van der Waals surface area (Å²) in [5.74, 6) is 0.130. The van der Waals surface area contributed by atoms with Gasteiger partial charge in [-0.05, 0) is 57.4 Å². The third kappa shape index (κ3) is 5.33.